The van der Waals surface area contributed by atoms with Crippen molar-refractivity contribution in [2.75, 3.05) is 18.6 Å². The van der Waals surface area contributed by atoms with Gasteiger partial charge in [0.1, 0.15) is 5.82 Å². The number of benzene rings is 2. The Morgan fingerprint density at radius 3 is 2.40 bits per heavy atom. The fourth-order valence-corrected chi connectivity index (χ4v) is 9.10. The molecule has 14 heteroatoms. The first-order valence-corrected chi connectivity index (χ1v) is 16.7. The number of carboxylic acids is 1. The Bertz CT molecular complexity index is 1740. The molecule has 248 valence electrons. The lowest BCUT2D eigenvalue weighted by Crippen LogP contribution is -2.60. The molecule has 2 saturated heterocycles. The molecule has 2 aliphatic carbocycles. The number of carboxylic acid groups (broad SMARTS) is 1. The van der Waals surface area contributed by atoms with Gasteiger partial charge in [-0.2, -0.15) is 0 Å². The molecule has 0 bridgehead atoms. The van der Waals surface area contributed by atoms with Crippen molar-refractivity contribution < 1.29 is 43.3 Å². The summed E-state index contributed by atoms with van der Waals surface area (Å²) in [6, 6.07) is 7.75. The highest BCUT2D eigenvalue weighted by molar-refractivity contribution is 9.10. The number of aromatic hydroxyl groups is 1. The number of carbonyl (C=O) groups excluding carboxylic acids is 4. The molecule has 0 unspecified atom stereocenters. The molecule has 47 heavy (non-hydrogen) atoms. The Morgan fingerprint density at radius 2 is 1.74 bits per heavy atom. The Kier molecular flexibility index (Phi) is 8.67. The molecular weight excluding hydrogens is 722 g/mol. The zero-order valence-corrected chi connectivity index (χ0v) is 28.1. The first kappa shape index (κ1) is 33.4. The van der Waals surface area contributed by atoms with Gasteiger partial charge in [-0.3, -0.25) is 28.9 Å². The van der Waals surface area contributed by atoms with Gasteiger partial charge < -0.3 is 14.9 Å². The number of likely N-dealkylation sites (tertiary alicyclic amines) is 1. The summed E-state index contributed by atoms with van der Waals surface area (Å²) in [6.45, 7) is 0.112. The summed E-state index contributed by atoms with van der Waals surface area (Å²) < 4.78 is 19.7. The van der Waals surface area contributed by atoms with Gasteiger partial charge in [0.05, 0.1) is 24.6 Å². The van der Waals surface area contributed by atoms with Crippen molar-refractivity contribution in [3.05, 3.63) is 63.9 Å². The number of allylic oxidation sites excluding steroid dienone is 2. The monoisotopic (exact) mass is 750 g/mol. The van der Waals surface area contributed by atoms with E-state index in [1.165, 1.54) is 30.2 Å². The number of phenolic OH excluding ortho intramolecular Hbond substituents is 1. The maximum absolute atomic E-state index is 14.5. The molecule has 2 aromatic carbocycles. The van der Waals surface area contributed by atoms with Crippen molar-refractivity contribution in [3.63, 3.8) is 0 Å². The molecule has 1 saturated carbocycles. The largest absolute Gasteiger partial charge is 0.504 e. The molecule has 3 fully saturated rings. The van der Waals surface area contributed by atoms with Crippen molar-refractivity contribution in [3.8, 4) is 11.5 Å². The van der Waals surface area contributed by atoms with Crippen LogP contribution in [0, 0.1) is 23.6 Å². The van der Waals surface area contributed by atoms with Gasteiger partial charge in [-0.25, -0.2) is 9.29 Å². The second kappa shape index (κ2) is 12.2. The molecule has 2 heterocycles. The van der Waals surface area contributed by atoms with E-state index in [2.05, 4.69) is 15.9 Å². The fraction of sp³-hybridized carbons (Fsp3) is 0.424. The Balaban J connectivity index is 1.46. The number of nitrogens with zero attached hydrogens (tertiary/aromatic N) is 2. The van der Waals surface area contributed by atoms with Gasteiger partial charge >= 0.3 is 5.97 Å². The summed E-state index contributed by atoms with van der Waals surface area (Å²) in [5.74, 6) is -8.10. The number of imide groups is 2. The van der Waals surface area contributed by atoms with Crippen molar-refractivity contribution in [1.29, 1.82) is 0 Å². The minimum absolute atomic E-state index is 0.0171. The Hall–Kier alpha value is -3.48. The van der Waals surface area contributed by atoms with Crippen LogP contribution in [0.3, 0.4) is 0 Å². The third kappa shape index (κ3) is 5.05. The van der Waals surface area contributed by atoms with Gasteiger partial charge in [0.2, 0.25) is 11.8 Å². The van der Waals surface area contributed by atoms with Gasteiger partial charge in [0.15, 0.2) is 21.2 Å². The lowest BCUT2D eigenvalue weighted by atomic mass is 9.56. The smallest absolute Gasteiger partial charge is 0.303 e. The fourth-order valence-electron chi connectivity index (χ4n) is 7.72. The maximum Gasteiger partial charge on any atom is 0.303 e. The van der Waals surface area contributed by atoms with Gasteiger partial charge in [-0.15, -0.1) is 23.2 Å². The molecule has 0 aromatic heterocycles. The second-order valence-electron chi connectivity index (χ2n) is 12.3. The molecule has 2 aromatic rings. The Labute approximate surface area is 287 Å². The number of rotatable bonds is 9. The predicted octanol–water partition coefficient (Wildman–Crippen LogP) is 5.51. The molecule has 0 spiro atoms. The minimum Gasteiger partial charge on any atom is -0.504 e. The van der Waals surface area contributed by atoms with E-state index in [9.17, 15) is 33.5 Å². The molecule has 2 N–H and O–H groups in total. The zero-order valence-electron chi connectivity index (χ0n) is 25.1. The van der Waals surface area contributed by atoms with E-state index in [-0.39, 0.29) is 54.5 Å². The van der Waals surface area contributed by atoms with Crippen LogP contribution < -0.4 is 9.64 Å². The highest BCUT2D eigenvalue weighted by Gasteiger charge is 2.77. The highest BCUT2D eigenvalue weighted by atomic mass is 79.9. The van der Waals surface area contributed by atoms with E-state index < -0.39 is 62.9 Å². The quantitative estimate of drug-likeness (QED) is 0.148. The molecule has 4 amide bonds. The van der Waals surface area contributed by atoms with Crippen molar-refractivity contribution in [1.82, 2.24) is 4.90 Å². The molecule has 10 nitrogen and oxygen atoms in total. The summed E-state index contributed by atoms with van der Waals surface area (Å²) in [7, 11) is 1.35. The van der Waals surface area contributed by atoms with Crippen LogP contribution in [0.5, 0.6) is 11.5 Å². The predicted molar refractivity (Wildman–Crippen MR) is 172 cm³/mol. The number of alkyl halides is 2. The maximum atomic E-state index is 14.5. The van der Waals surface area contributed by atoms with E-state index in [1.807, 2.05) is 0 Å². The lowest BCUT2D eigenvalue weighted by Gasteiger charge is -2.50. The molecule has 6 rings (SSSR count). The van der Waals surface area contributed by atoms with Crippen LogP contribution in [0.15, 0.2) is 52.5 Å². The number of carbonyl (C=O) groups is 5. The number of fused-ring (bicyclic) bond motifs is 4. The number of hydrogen-bond donors (Lipinski definition) is 2. The number of hydrogen-bond acceptors (Lipinski definition) is 7. The minimum atomic E-state index is -2.21. The van der Waals surface area contributed by atoms with Crippen molar-refractivity contribution in [2.24, 2.45) is 17.8 Å². The number of amides is 4. The number of phenols is 1. The Morgan fingerprint density at radius 1 is 1.04 bits per heavy atom. The molecule has 0 radical (unpaired) electrons. The van der Waals surface area contributed by atoms with E-state index in [0.717, 1.165) is 17.0 Å². The van der Waals surface area contributed by atoms with Crippen LogP contribution in [-0.2, 0) is 24.0 Å². The lowest BCUT2D eigenvalue weighted by molar-refractivity contribution is -0.141. The van der Waals surface area contributed by atoms with Crippen LogP contribution in [0.1, 0.15) is 50.0 Å². The normalized spacial score (nSPS) is 29.9. The number of anilines is 1. The third-order valence-corrected chi connectivity index (χ3v) is 11.7. The van der Waals surface area contributed by atoms with Gasteiger partial charge in [0.25, 0.3) is 11.8 Å². The SMILES string of the molecule is COc1cc(Br)cc([C@H]2C3=CC[C@@H]4C(=O)N(CCCCCC(=O)O)C(=O)[C@@H]4[C@@H]3C[C@@]3(Cl)C(=O)N(c4ccc(F)cc4)C(=O)[C@@]23Cl)c1O. The first-order valence-electron chi connectivity index (χ1n) is 15.1. The number of unbranched alkanes of at least 4 members (excludes halogenated alkanes) is 2. The highest BCUT2D eigenvalue weighted by Crippen LogP contribution is 2.67. The average Bonchev–Trinajstić information content (AvgIpc) is 3.36. The number of methoxy groups -OCH3 is 1. The topological polar surface area (TPSA) is 142 Å². The number of ether oxygens (including phenoxy) is 1. The zero-order chi connectivity index (χ0) is 34.0. The van der Waals surface area contributed by atoms with Crippen LogP contribution >= 0.6 is 39.1 Å². The third-order valence-electron chi connectivity index (χ3n) is 9.86. The van der Waals surface area contributed by atoms with Gasteiger partial charge in [-0.05, 0) is 68.0 Å². The van der Waals surface area contributed by atoms with Gasteiger partial charge in [0, 0.05) is 28.9 Å². The van der Waals surface area contributed by atoms with E-state index >= 15 is 0 Å². The first-order chi connectivity index (χ1) is 22.3. The van der Waals surface area contributed by atoms with E-state index in [4.69, 9.17) is 33.0 Å². The average molecular weight is 752 g/mol. The summed E-state index contributed by atoms with van der Waals surface area (Å²) in [4.78, 5) is 64.9. The van der Waals surface area contributed by atoms with Crippen molar-refractivity contribution >= 4 is 74.4 Å². The molecule has 4 aliphatic rings. The van der Waals surface area contributed by atoms with Crippen LogP contribution in [-0.4, -0.2) is 68.1 Å². The summed E-state index contributed by atoms with van der Waals surface area (Å²) >= 11 is 18.1. The second-order valence-corrected chi connectivity index (χ2v) is 14.5. The van der Waals surface area contributed by atoms with E-state index in [1.54, 1.807) is 12.1 Å². The van der Waals surface area contributed by atoms with Crippen LogP contribution in [0.4, 0.5) is 10.1 Å². The van der Waals surface area contributed by atoms with Gasteiger partial charge in [-0.1, -0.05) is 34.0 Å². The van der Waals surface area contributed by atoms with Crippen LogP contribution in [0.25, 0.3) is 0 Å². The number of halogens is 4. The summed E-state index contributed by atoms with van der Waals surface area (Å²) in [5.41, 5.74) is 0.654. The van der Waals surface area contributed by atoms with Crippen molar-refractivity contribution in [2.45, 2.75) is 54.2 Å². The number of aliphatic carboxylic acids is 1. The molecule has 2 aliphatic heterocycles. The summed E-state index contributed by atoms with van der Waals surface area (Å²) in [5, 5.41) is 20.4. The summed E-state index contributed by atoms with van der Waals surface area (Å²) in [6.07, 6.45) is 2.95. The molecular formula is C33H30BrCl2FN2O8. The van der Waals surface area contributed by atoms with E-state index in [0.29, 0.717) is 29.3 Å². The molecule has 6 atom stereocenters. The standard InChI is InChI=1S/C33H30BrCl2FN2O8/c1-47-23-14-16(34)13-21(27(23)42)26-19-10-11-20-25(29(44)38(28(20)43)12-4-2-3-5-24(40)41)22(19)15-32(35)30(45)39(31(46)33(26,32)36)18-8-6-17(37)7-9-18/h6-10,13-14,20,22,25-26,42H,2-5,11-12,15H2,1H3,(H,40,41)/t20-,22+,25-,26+,32+,33-/m0/s1. The van der Waals surface area contributed by atoms with Crippen LogP contribution in [0.2, 0.25) is 0 Å².